The van der Waals surface area contributed by atoms with Gasteiger partial charge in [-0.2, -0.15) is 0 Å². The zero-order valence-corrected chi connectivity index (χ0v) is 14.9. The summed E-state index contributed by atoms with van der Waals surface area (Å²) < 4.78 is 19.0. The fourth-order valence-corrected chi connectivity index (χ4v) is 3.33. The monoisotopic (exact) mass is 342 g/mol. The maximum atomic E-state index is 13.6. The lowest BCUT2D eigenvalue weighted by Gasteiger charge is -2.35. The third kappa shape index (κ3) is 5.63. The van der Waals surface area contributed by atoms with E-state index in [9.17, 15) is 4.39 Å². The molecule has 0 radical (unpaired) electrons. The molecule has 4 heteroatoms. The Balaban J connectivity index is 1.70. The van der Waals surface area contributed by atoms with Crippen LogP contribution < -0.4 is 0 Å². The number of ether oxygens (including phenoxy) is 1. The van der Waals surface area contributed by atoms with Crippen LogP contribution in [0.5, 0.6) is 0 Å². The van der Waals surface area contributed by atoms with Crippen LogP contribution in [0, 0.1) is 5.82 Å². The number of benzene rings is 2. The standard InChI is InChI=1S/C21H27FN2O/c1-18(15-23-10-12-25-13-11-23)24(16-19-6-3-2-4-7-19)17-20-8-5-9-21(22)14-20/h2-9,14,18H,10-13,15-17H2,1H3. The van der Waals surface area contributed by atoms with Crippen LogP contribution in [0.25, 0.3) is 0 Å². The maximum Gasteiger partial charge on any atom is 0.123 e. The van der Waals surface area contributed by atoms with Crippen molar-refractivity contribution in [3.8, 4) is 0 Å². The number of nitrogens with zero attached hydrogens (tertiary/aromatic N) is 2. The van der Waals surface area contributed by atoms with Crippen LogP contribution in [-0.4, -0.2) is 48.7 Å². The minimum atomic E-state index is -0.169. The summed E-state index contributed by atoms with van der Waals surface area (Å²) in [5, 5.41) is 0. The second kappa shape index (κ2) is 9.09. The maximum absolute atomic E-state index is 13.6. The lowest BCUT2D eigenvalue weighted by atomic mass is 10.1. The molecule has 0 spiro atoms. The van der Waals surface area contributed by atoms with Gasteiger partial charge in [-0.15, -0.1) is 0 Å². The Bertz CT molecular complexity index is 643. The van der Waals surface area contributed by atoms with E-state index < -0.39 is 0 Å². The van der Waals surface area contributed by atoms with E-state index in [4.69, 9.17) is 4.74 Å². The fourth-order valence-electron chi connectivity index (χ4n) is 3.33. The highest BCUT2D eigenvalue weighted by atomic mass is 19.1. The van der Waals surface area contributed by atoms with Crippen LogP contribution in [0.15, 0.2) is 54.6 Å². The van der Waals surface area contributed by atoms with Crippen LogP contribution in [0.3, 0.4) is 0 Å². The molecule has 3 nitrogen and oxygen atoms in total. The van der Waals surface area contributed by atoms with Gasteiger partial charge in [0.1, 0.15) is 5.82 Å². The predicted molar refractivity (Wildman–Crippen MR) is 98.8 cm³/mol. The molecule has 0 saturated carbocycles. The summed E-state index contributed by atoms with van der Waals surface area (Å²) in [5.41, 5.74) is 2.30. The van der Waals surface area contributed by atoms with E-state index in [1.807, 2.05) is 12.1 Å². The van der Waals surface area contributed by atoms with Crippen molar-refractivity contribution < 1.29 is 9.13 Å². The largest absolute Gasteiger partial charge is 0.379 e. The van der Waals surface area contributed by atoms with Gasteiger partial charge >= 0.3 is 0 Å². The normalized spacial score (nSPS) is 16.9. The van der Waals surface area contributed by atoms with Gasteiger partial charge in [-0.25, -0.2) is 4.39 Å². The van der Waals surface area contributed by atoms with Crippen molar-refractivity contribution in [1.82, 2.24) is 9.80 Å². The van der Waals surface area contributed by atoms with E-state index in [0.717, 1.165) is 51.5 Å². The van der Waals surface area contributed by atoms with E-state index in [-0.39, 0.29) is 5.82 Å². The third-order valence-electron chi connectivity index (χ3n) is 4.75. The summed E-state index contributed by atoms with van der Waals surface area (Å²) in [4.78, 5) is 4.89. The molecule has 1 aliphatic heterocycles. The van der Waals surface area contributed by atoms with E-state index in [0.29, 0.717) is 6.04 Å². The van der Waals surface area contributed by atoms with Gasteiger partial charge < -0.3 is 4.74 Å². The third-order valence-corrected chi connectivity index (χ3v) is 4.75. The average molecular weight is 342 g/mol. The molecule has 0 bridgehead atoms. The lowest BCUT2D eigenvalue weighted by molar-refractivity contribution is 0.0226. The second-order valence-electron chi connectivity index (χ2n) is 6.78. The van der Waals surface area contributed by atoms with Gasteiger partial charge in [0.05, 0.1) is 13.2 Å². The van der Waals surface area contributed by atoms with Crippen LogP contribution in [0.1, 0.15) is 18.1 Å². The van der Waals surface area contributed by atoms with E-state index in [2.05, 4.69) is 41.0 Å². The van der Waals surface area contributed by atoms with Crippen molar-refractivity contribution in [2.75, 3.05) is 32.8 Å². The fraction of sp³-hybridized carbons (Fsp3) is 0.429. The first-order chi connectivity index (χ1) is 12.2. The Morgan fingerprint density at radius 2 is 1.68 bits per heavy atom. The SMILES string of the molecule is CC(CN1CCOCC1)N(Cc1ccccc1)Cc1cccc(F)c1. The van der Waals surface area contributed by atoms with Crippen LogP contribution in [-0.2, 0) is 17.8 Å². The molecule has 1 saturated heterocycles. The molecule has 0 aliphatic carbocycles. The summed E-state index contributed by atoms with van der Waals surface area (Å²) in [7, 11) is 0. The predicted octanol–water partition coefficient (Wildman–Crippen LogP) is 3.55. The smallest absolute Gasteiger partial charge is 0.123 e. The molecule has 2 aromatic rings. The van der Waals surface area contributed by atoms with Crippen molar-refractivity contribution in [2.45, 2.75) is 26.1 Å². The van der Waals surface area contributed by atoms with Gasteiger partial charge in [0.2, 0.25) is 0 Å². The van der Waals surface area contributed by atoms with Crippen molar-refractivity contribution >= 4 is 0 Å². The van der Waals surface area contributed by atoms with Crippen molar-refractivity contribution in [3.05, 3.63) is 71.5 Å². The highest BCUT2D eigenvalue weighted by Gasteiger charge is 2.20. The topological polar surface area (TPSA) is 15.7 Å². The molecule has 1 heterocycles. The first-order valence-corrected chi connectivity index (χ1v) is 9.03. The summed E-state index contributed by atoms with van der Waals surface area (Å²) in [6.45, 7) is 8.49. The first kappa shape index (κ1) is 18.1. The van der Waals surface area contributed by atoms with Gasteiger partial charge in [-0.05, 0) is 30.2 Å². The molecular formula is C21H27FN2O. The summed E-state index contributed by atoms with van der Waals surface area (Å²) >= 11 is 0. The molecule has 3 rings (SSSR count). The Morgan fingerprint density at radius 3 is 2.40 bits per heavy atom. The molecule has 1 atom stereocenters. The summed E-state index contributed by atoms with van der Waals surface area (Å²) in [5.74, 6) is -0.169. The van der Waals surface area contributed by atoms with Crippen LogP contribution >= 0.6 is 0 Å². The number of morpholine rings is 1. The molecule has 1 fully saturated rings. The van der Waals surface area contributed by atoms with E-state index in [1.165, 1.54) is 11.6 Å². The highest BCUT2D eigenvalue weighted by Crippen LogP contribution is 2.15. The summed E-state index contributed by atoms with van der Waals surface area (Å²) in [6, 6.07) is 17.8. The van der Waals surface area contributed by atoms with Gasteiger partial charge in [0.25, 0.3) is 0 Å². The molecule has 1 aliphatic rings. The Hall–Kier alpha value is -1.75. The van der Waals surface area contributed by atoms with Gasteiger partial charge in [-0.3, -0.25) is 9.80 Å². The number of rotatable bonds is 7. The molecule has 25 heavy (non-hydrogen) atoms. The summed E-state index contributed by atoms with van der Waals surface area (Å²) in [6.07, 6.45) is 0. The Kier molecular flexibility index (Phi) is 6.56. The van der Waals surface area contributed by atoms with Gasteiger partial charge in [-0.1, -0.05) is 42.5 Å². The molecule has 2 aromatic carbocycles. The molecule has 0 N–H and O–H groups in total. The van der Waals surface area contributed by atoms with Gasteiger partial charge in [0.15, 0.2) is 0 Å². The first-order valence-electron chi connectivity index (χ1n) is 9.03. The Labute approximate surface area is 150 Å². The van der Waals surface area contributed by atoms with Crippen LogP contribution in [0.2, 0.25) is 0 Å². The average Bonchev–Trinajstić information content (AvgIpc) is 2.63. The van der Waals surface area contributed by atoms with Crippen molar-refractivity contribution in [2.24, 2.45) is 0 Å². The number of hydrogen-bond acceptors (Lipinski definition) is 3. The zero-order chi connectivity index (χ0) is 17.5. The number of hydrogen-bond donors (Lipinski definition) is 0. The van der Waals surface area contributed by atoms with E-state index >= 15 is 0 Å². The Morgan fingerprint density at radius 1 is 1.00 bits per heavy atom. The van der Waals surface area contributed by atoms with Crippen molar-refractivity contribution in [1.29, 1.82) is 0 Å². The van der Waals surface area contributed by atoms with Gasteiger partial charge in [0, 0.05) is 38.8 Å². The van der Waals surface area contributed by atoms with Crippen molar-refractivity contribution in [3.63, 3.8) is 0 Å². The highest BCUT2D eigenvalue weighted by molar-refractivity contribution is 5.18. The lowest BCUT2D eigenvalue weighted by Crippen LogP contribution is -2.45. The molecular weight excluding hydrogens is 315 g/mol. The molecule has 134 valence electrons. The quantitative estimate of drug-likeness (QED) is 0.765. The zero-order valence-electron chi connectivity index (χ0n) is 14.9. The number of halogens is 1. The van der Waals surface area contributed by atoms with Crippen LogP contribution in [0.4, 0.5) is 4.39 Å². The minimum Gasteiger partial charge on any atom is -0.379 e. The van der Waals surface area contributed by atoms with E-state index in [1.54, 1.807) is 12.1 Å². The second-order valence-corrected chi connectivity index (χ2v) is 6.78. The molecule has 0 aromatic heterocycles. The molecule has 0 amide bonds. The minimum absolute atomic E-state index is 0.169. The molecule has 1 unspecified atom stereocenters.